The molecule has 0 radical (unpaired) electrons. The number of benzene rings is 1. The maximum atomic E-state index is 13.1. The van der Waals surface area contributed by atoms with Crippen LogP contribution in [0.4, 0.5) is 5.69 Å². The van der Waals surface area contributed by atoms with Crippen molar-refractivity contribution in [2.45, 2.75) is 39.3 Å². The summed E-state index contributed by atoms with van der Waals surface area (Å²) in [5.74, 6) is -0.213. The summed E-state index contributed by atoms with van der Waals surface area (Å²) in [5.41, 5.74) is 4.00. The monoisotopic (exact) mass is 397 g/mol. The quantitative estimate of drug-likeness (QED) is 0.769. The fourth-order valence-electron chi connectivity index (χ4n) is 4.14. The Bertz CT molecular complexity index is 925. The van der Waals surface area contributed by atoms with Crippen LogP contribution in [-0.2, 0) is 20.9 Å². The number of ether oxygens (including phenoxy) is 1. The number of rotatable bonds is 5. The summed E-state index contributed by atoms with van der Waals surface area (Å²) in [6, 6.07) is 6.12. The predicted molar refractivity (Wildman–Crippen MR) is 107 cm³/mol. The van der Waals surface area contributed by atoms with E-state index in [1.54, 1.807) is 12.0 Å². The van der Waals surface area contributed by atoms with Crippen molar-refractivity contribution in [3.63, 3.8) is 0 Å². The number of nitrogens with zero attached hydrogens (tertiary/aromatic N) is 5. The molecule has 3 heterocycles. The second kappa shape index (κ2) is 7.94. The zero-order valence-corrected chi connectivity index (χ0v) is 17.2. The molecule has 4 rings (SSSR count). The third kappa shape index (κ3) is 3.89. The van der Waals surface area contributed by atoms with Crippen LogP contribution in [0.5, 0.6) is 0 Å². The van der Waals surface area contributed by atoms with E-state index in [1.165, 1.54) is 5.56 Å². The third-order valence-corrected chi connectivity index (χ3v) is 5.98. The maximum Gasteiger partial charge on any atom is 0.228 e. The van der Waals surface area contributed by atoms with Crippen LogP contribution in [-0.4, -0.2) is 58.5 Å². The SMILES string of the molecule is COCc1cn([C@H]2CCN(C(=O)[C@@H]3CC(=O)N(c4ccc(C)c(C)c4)C3)C2)nn1. The van der Waals surface area contributed by atoms with E-state index in [1.807, 2.05) is 47.8 Å². The van der Waals surface area contributed by atoms with Gasteiger partial charge in [0.1, 0.15) is 5.69 Å². The fourth-order valence-corrected chi connectivity index (χ4v) is 4.14. The van der Waals surface area contributed by atoms with Gasteiger partial charge in [-0.05, 0) is 43.5 Å². The van der Waals surface area contributed by atoms with E-state index in [4.69, 9.17) is 4.74 Å². The van der Waals surface area contributed by atoms with Gasteiger partial charge in [0.05, 0.1) is 24.8 Å². The molecule has 0 N–H and O–H groups in total. The van der Waals surface area contributed by atoms with Crippen molar-refractivity contribution in [1.29, 1.82) is 0 Å². The van der Waals surface area contributed by atoms with Gasteiger partial charge in [-0.25, -0.2) is 4.68 Å². The Hall–Kier alpha value is -2.74. The molecule has 0 spiro atoms. The Balaban J connectivity index is 1.39. The van der Waals surface area contributed by atoms with Crippen molar-refractivity contribution in [2.75, 3.05) is 31.6 Å². The number of hydrogen-bond acceptors (Lipinski definition) is 5. The van der Waals surface area contributed by atoms with Crippen molar-refractivity contribution in [2.24, 2.45) is 5.92 Å². The lowest BCUT2D eigenvalue weighted by molar-refractivity contribution is -0.134. The molecule has 8 nitrogen and oxygen atoms in total. The third-order valence-electron chi connectivity index (χ3n) is 5.98. The van der Waals surface area contributed by atoms with Crippen LogP contribution < -0.4 is 4.90 Å². The van der Waals surface area contributed by atoms with Gasteiger partial charge in [-0.15, -0.1) is 5.10 Å². The van der Waals surface area contributed by atoms with Gasteiger partial charge in [0.15, 0.2) is 0 Å². The summed E-state index contributed by atoms with van der Waals surface area (Å²) in [4.78, 5) is 29.2. The molecule has 0 unspecified atom stereocenters. The van der Waals surface area contributed by atoms with Gasteiger partial charge in [0.25, 0.3) is 0 Å². The summed E-state index contributed by atoms with van der Waals surface area (Å²) >= 11 is 0. The zero-order valence-electron chi connectivity index (χ0n) is 17.2. The number of hydrogen-bond donors (Lipinski definition) is 0. The van der Waals surface area contributed by atoms with E-state index in [9.17, 15) is 9.59 Å². The second-order valence-corrected chi connectivity index (χ2v) is 8.02. The van der Waals surface area contributed by atoms with Crippen molar-refractivity contribution in [3.05, 3.63) is 41.2 Å². The van der Waals surface area contributed by atoms with Crippen LogP contribution in [0, 0.1) is 19.8 Å². The van der Waals surface area contributed by atoms with Crippen LogP contribution in [0.3, 0.4) is 0 Å². The Kier molecular flexibility index (Phi) is 5.36. The molecular weight excluding hydrogens is 370 g/mol. The predicted octanol–water partition coefficient (Wildman–Crippen LogP) is 1.87. The highest BCUT2D eigenvalue weighted by Gasteiger charge is 2.39. The van der Waals surface area contributed by atoms with Gasteiger partial charge < -0.3 is 14.5 Å². The molecule has 154 valence electrons. The largest absolute Gasteiger partial charge is 0.378 e. The molecule has 2 atom stereocenters. The van der Waals surface area contributed by atoms with E-state index >= 15 is 0 Å². The highest BCUT2D eigenvalue weighted by molar-refractivity contribution is 6.00. The standard InChI is InChI=1S/C21H27N5O3/c1-14-4-5-18(8-15(14)2)25-10-16(9-20(25)27)21(28)24-7-6-19(12-24)26-11-17(13-29-3)22-23-26/h4-5,8,11,16,19H,6-7,9-10,12-13H2,1-3H3/t16-,19+/m1/s1. The Morgan fingerprint density at radius 2 is 2.07 bits per heavy atom. The van der Waals surface area contributed by atoms with Gasteiger partial charge in [-0.3, -0.25) is 9.59 Å². The van der Waals surface area contributed by atoms with Crippen LogP contribution >= 0.6 is 0 Å². The highest BCUT2D eigenvalue weighted by Crippen LogP contribution is 2.30. The van der Waals surface area contributed by atoms with E-state index in [-0.39, 0.29) is 30.2 Å². The number of methoxy groups -OCH3 is 1. The normalized spacial score (nSPS) is 22.0. The number of anilines is 1. The van der Waals surface area contributed by atoms with Crippen LogP contribution in [0.2, 0.25) is 0 Å². The molecule has 2 aliphatic rings. The van der Waals surface area contributed by atoms with Crippen molar-refractivity contribution >= 4 is 17.5 Å². The molecule has 2 saturated heterocycles. The fraction of sp³-hybridized carbons (Fsp3) is 0.524. The first-order valence-electron chi connectivity index (χ1n) is 10.0. The van der Waals surface area contributed by atoms with Crippen LogP contribution in [0.25, 0.3) is 0 Å². The van der Waals surface area contributed by atoms with E-state index in [2.05, 4.69) is 10.3 Å². The molecule has 1 aromatic heterocycles. The van der Waals surface area contributed by atoms with Gasteiger partial charge in [0, 0.05) is 38.9 Å². The van der Waals surface area contributed by atoms with Crippen molar-refractivity contribution < 1.29 is 14.3 Å². The summed E-state index contributed by atoms with van der Waals surface area (Å²) in [7, 11) is 1.62. The lowest BCUT2D eigenvalue weighted by atomic mass is 10.1. The van der Waals surface area contributed by atoms with Crippen LogP contribution in [0.1, 0.15) is 35.7 Å². The zero-order chi connectivity index (χ0) is 20.5. The first kappa shape index (κ1) is 19.6. The first-order chi connectivity index (χ1) is 14.0. The Morgan fingerprint density at radius 3 is 2.83 bits per heavy atom. The molecule has 0 aliphatic carbocycles. The number of aryl methyl sites for hydroxylation is 2. The topological polar surface area (TPSA) is 80.6 Å². The number of likely N-dealkylation sites (tertiary alicyclic amines) is 1. The average molecular weight is 397 g/mol. The molecule has 2 aliphatic heterocycles. The van der Waals surface area contributed by atoms with Gasteiger partial charge in [-0.2, -0.15) is 0 Å². The molecule has 8 heteroatoms. The number of amides is 2. The van der Waals surface area contributed by atoms with E-state index in [0.29, 0.717) is 26.2 Å². The Labute approximate surface area is 170 Å². The minimum atomic E-state index is -0.289. The maximum absolute atomic E-state index is 13.1. The minimum Gasteiger partial charge on any atom is -0.378 e. The Morgan fingerprint density at radius 1 is 1.24 bits per heavy atom. The molecule has 2 fully saturated rings. The van der Waals surface area contributed by atoms with Crippen molar-refractivity contribution in [3.8, 4) is 0 Å². The molecule has 2 amide bonds. The molecule has 2 aromatic rings. The van der Waals surface area contributed by atoms with E-state index < -0.39 is 0 Å². The summed E-state index contributed by atoms with van der Waals surface area (Å²) in [6.07, 6.45) is 2.99. The smallest absolute Gasteiger partial charge is 0.228 e. The van der Waals surface area contributed by atoms with Crippen LogP contribution in [0.15, 0.2) is 24.4 Å². The number of carbonyl (C=O) groups is 2. The van der Waals surface area contributed by atoms with Gasteiger partial charge in [0.2, 0.25) is 11.8 Å². The lowest BCUT2D eigenvalue weighted by Crippen LogP contribution is -2.36. The average Bonchev–Trinajstić information content (AvgIpc) is 3.43. The van der Waals surface area contributed by atoms with E-state index in [0.717, 1.165) is 23.4 Å². The molecule has 0 saturated carbocycles. The second-order valence-electron chi connectivity index (χ2n) is 8.02. The number of aromatic nitrogens is 3. The molecular formula is C21H27N5O3. The van der Waals surface area contributed by atoms with Crippen molar-refractivity contribution in [1.82, 2.24) is 19.9 Å². The molecule has 29 heavy (non-hydrogen) atoms. The summed E-state index contributed by atoms with van der Waals surface area (Å²) in [6.45, 7) is 6.24. The summed E-state index contributed by atoms with van der Waals surface area (Å²) in [5, 5.41) is 8.27. The van der Waals surface area contributed by atoms with Gasteiger partial charge >= 0.3 is 0 Å². The minimum absolute atomic E-state index is 0.0165. The number of carbonyl (C=O) groups excluding carboxylic acids is 2. The molecule has 0 bridgehead atoms. The first-order valence-corrected chi connectivity index (χ1v) is 10.0. The molecule has 1 aromatic carbocycles. The highest BCUT2D eigenvalue weighted by atomic mass is 16.5. The lowest BCUT2D eigenvalue weighted by Gasteiger charge is -2.21. The summed E-state index contributed by atoms with van der Waals surface area (Å²) < 4.78 is 6.91. The van der Waals surface area contributed by atoms with Gasteiger partial charge in [-0.1, -0.05) is 11.3 Å².